The molecule has 6 nitrogen and oxygen atoms in total. The first-order valence-corrected chi connectivity index (χ1v) is 7.93. The highest BCUT2D eigenvalue weighted by Crippen LogP contribution is 2.23. The molecule has 0 radical (unpaired) electrons. The summed E-state index contributed by atoms with van der Waals surface area (Å²) in [7, 11) is 1.62. The van der Waals surface area contributed by atoms with Crippen LogP contribution in [0.15, 0.2) is 17.6 Å². The number of methoxy groups -OCH3 is 1. The number of hydrogen-bond donors (Lipinski definition) is 1. The summed E-state index contributed by atoms with van der Waals surface area (Å²) in [5, 5.41) is 6.55. The Labute approximate surface area is 128 Å². The average molecular weight is 305 g/mol. The number of piperidine rings is 1. The van der Waals surface area contributed by atoms with Gasteiger partial charge in [-0.2, -0.15) is 4.98 Å². The van der Waals surface area contributed by atoms with Gasteiger partial charge >= 0.3 is 0 Å². The number of rotatable bonds is 4. The smallest absolute Gasteiger partial charge is 0.226 e. The second-order valence-corrected chi connectivity index (χ2v) is 5.97. The Morgan fingerprint density at radius 3 is 2.81 bits per heavy atom. The van der Waals surface area contributed by atoms with E-state index in [0.29, 0.717) is 17.9 Å². The van der Waals surface area contributed by atoms with Gasteiger partial charge in [-0.3, -0.25) is 0 Å². The third kappa shape index (κ3) is 3.41. The molecule has 1 aliphatic rings. The standard InChI is InChI=1S/C14H19N5OS/c1-10-9-12(20-2)18-13(16-10)17-11-3-6-19(7-4-11)14-15-5-8-21-14/h5,8-9,11H,3-4,6-7H2,1-2H3,(H,16,17,18). The highest BCUT2D eigenvalue weighted by molar-refractivity contribution is 7.13. The lowest BCUT2D eigenvalue weighted by molar-refractivity contribution is 0.396. The van der Waals surface area contributed by atoms with Gasteiger partial charge in [0, 0.05) is 42.5 Å². The molecule has 112 valence electrons. The minimum Gasteiger partial charge on any atom is -0.481 e. The first-order valence-electron chi connectivity index (χ1n) is 7.05. The maximum absolute atomic E-state index is 5.18. The molecule has 0 aliphatic carbocycles. The van der Waals surface area contributed by atoms with E-state index in [9.17, 15) is 0 Å². The zero-order valence-corrected chi connectivity index (χ0v) is 13.1. The number of hydrogen-bond acceptors (Lipinski definition) is 7. The monoisotopic (exact) mass is 305 g/mol. The van der Waals surface area contributed by atoms with Gasteiger partial charge in [0.05, 0.1) is 7.11 Å². The van der Waals surface area contributed by atoms with Crippen LogP contribution in [0.1, 0.15) is 18.5 Å². The molecule has 1 aliphatic heterocycles. The highest BCUT2D eigenvalue weighted by atomic mass is 32.1. The van der Waals surface area contributed by atoms with E-state index in [1.807, 2.05) is 24.6 Å². The van der Waals surface area contributed by atoms with E-state index < -0.39 is 0 Å². The molecule has 0 bridgehead atoms. The maximum atomic E-state index is 5.18. The molecule has 1 fully saturated rings. The number of aromatic nitrogens is 3. The molecular weight excluding hydrogens is 286 g/mol. The van der Waals surface area contributed by atoms with Crippen LogP contribution in [0.5, 0.6) is 5.88 Å². The topological polar surface area (TPSA) is 63.2 Å². The molecule has 3 rings (SSSR count). The van der Waals surface area contributed by atoms with E-state index in [1.165, 1.54) is 0 Å². The van der Waals surface area contributed by atoms with Crippen LogP contribution in [0.3, 0.4) is 0 Å². The van der Waals surface area contributed by atoms with E-state index in [1.54, 1.807) is 18.4 Å². The van der Waals surface area contributed by atoms with Crippen LogP contribution in [0.4, 0.5) is 11.1 Å². The number of nitrogens with one attached hydrogen (secondary N) is 1. The second kappa shape index (κ2) is 6.26. The van der Waals surface area contributed by atoms with E-state index >= 15 is 0 Å². The molecule has 1 N–H and O–H groups in total. The van der Waals surface area contributed by atoms with Gasteiger partial charge in [0.2, 0.25) is 11.8 Å². The van der Waals surface area contributed by atoms with Gasteiger partial charge in [-0.15, -0.1) is 11.3 Å². The van der Waals surface area contributed by atoms with E-state index in [4.69, 9.17) is 4.74 Å². The van der Waals surface area contributed by atoms with Gasteiger partial charge in [-0.25, -0.2) is 9.97 Å². The van der Waals surface area contributed by atoms with Crippen LogP contribution in [0.25, 0.3) is 0 Å². The minimum absolute atomic E-state index is 0.396. The first-order chi connectivity index (χ1) is 10.2. The molecule has 2 aromatic heterocycles. The lowest BCUT2D eigenvalue weighted by Gasteiger charge is -2.32. The maximum Gasteiger partial charge on any atom is 0.226 e. The van der Waals surface area contributed by atoms with Crippen LogP contribution >= 0.6 is 11.3 Å². The van der Waals surface area contributed by atoms with Gasteiger partial charge in [-0.05, 0) is 19.8 Å². The van der Waals surface area contributed by atoms with E-state index in [0.717, 1.165) is 36.8 Å². The van der Waals surface area contributed by atoms with Crippen molar-refractivity contribution in [1.29, 1.82) is 0 Å². The third-order valence-corrected chi connectivity index (χ3v) is 4.39. The number of nitrogens with zero attached hydrogens (tertiary/aromatic N) is 4. The lowest BCUT2D eigenvalue weighted by Crippen LogP contribution is -2.39. The van der Waals surface area contributed by atoms with Crippen LogP contribution in [-0.2, 0) is 0 Å². The summed E-state index contributed by atoms with van der Waals surface area (Å²) in [4.78, 5) is 15.5. The van der Waals surface area contributed by atoms with Crippen LogP contribution in [0.2, 0.25) is 0 Å². The van der Waals surface area contributed by atoms with Crippen LogP contribution in [-0.4, -0.2) is 41.2 Å². The molecule has 1 saturated heterocycles. The third-order valence-electron chi connectivity index (χ3n) is 3.56. The van der Waals surface area contributed by atoms with Gasteiger partial charge in [0.15, 0.2) is 5.13 Å². The number of anilines is 2. The summed E-state index contributed by atoms with van der Waals surface area (Å²) in [6.45, 7) is 3.96. The zero-order valence-electron chi connectivity index (χ0n) is 12.2. The van der Waals surface area contributed by atoms with Crippen LogP contribution < -0.4 is 15.0 Å². The van der Waals surface area contributed by atoms with Crippen molar-refractivity contribution in [2.24, 2.45) is 0 Å². The Bertz CT molecular complexity index is 581. The Morgan fingerprint density at radius 2 is 2.14 bits per heavy atom. The van der Waals surface area contributed by atoms with E-state index in [-0.39, 0.29) is 0 Å². The van der Waals surface area contributed by atoms with Gasteiger partial charge < -0.3 is 15.0 Å². The summed E-state index contributed by atoms with van der Waals surface area (Å²) < 4.78 is 5.18. The number of ether oxygens (including phenoxy) is 1. The van der Waals surface area contributed by atoms with Crippen LogP contribution in [0, 0.1) is 6.92 Å². The van der Waals surface area contributed by atoms with Crippen molar-refractivity contribution < 1.29 is 4.74 Å². The van der Waals surface area contributed by atoms with Gasteiger partial charge in [0.25, 0.3) is 0 Å². The molecule has 0 aromatic carbocycles. The summed E-state index contributed by atoms with van der Waals surface area (Å²) >= 11 is 1.69. The first kappa shape index (κ1) is 14.1. The molecule has 0 spiro atoms. The summed E-state index contributed by atoms with van der Waals surface area (Å²) in [6, 6.07) is 2.23. The van der Waals surface area contributed by atoms with Crippen molar-refractivity contribution in [1.82, 2.24) is 15.0 Å². The molecular formula is C14H19N5OS. The molecule has 7 heteroatoms. The fourth-order valence-corrected chi connectivity index (χ4v) is 3.18. The molecule has 0 saturated carbocycles. The Hall–Kier alpha value is -1.89. The quantitative estimate of drug-likeness (QED) is 0.935. The van der Waals surface area contributed by atoms with Crippen molar-refractivity contribution >= 4 is 22.4 Å². The summed E-state index contributed by atoms with van der Waals surface area (Å²) in [6.07, 6.45) is 3.97. The minimum atomic E-state index is 0.396. The highest BCUT2D eigenvalue weighted by Gasteiger charge is 2.21. The fourth-order valence-electron chi connectivity index (χ4n) is 2.48. The Morgan fingerprint density at radius 1 is 1.33 bits per heavy atom. The second-order valence-electron chi connectivity index (χ2n) is 5.10. The molecule has 0 amide bonds. The molecule has 2 aromatic rings. The predicted octanol–water partition coefficient (Wildman–Crippen LogP) is 2.33. The molecule has 0 atom stereocenters. The fraction of sp³-hybridized carbons (Fsp3) is 0.500. The van der Waals surface area contributed by atoms with Crippen molar-refractivity contribution in [3.05, 3.63) is 23.3 Å². The predicted molar refractivity (Wildman–Crippen MR) is 84.3 cm³/mol. The number of thiazole rings is 1. The molecule has 21 heavy (non-hydrogen) atoms. The SMILES string of the molecule is COc1cc(C)nc(NC2CCN(c3nccs3)CC2)n1. The van der Waals surface area contributed by atoms with Crippen molar-refractivity contribution in [3.8, 4) is 5.88 Å². The van der Waals surface area contributed by atoms with Crippen molar-refractivity contribution in [2.75, 3.05) is 30.4 Å². The van der Waals surface area contributed by atoms with E-state index in [2.05, 4.69) is 25.2 Å². The molecule has 0 unspecified atom stereocenters. The zero-order chi connectivity index (χ0) is 14.7. The van der Waals surface area contributed by atoms with Crippen molar-refractivity contribution in [2.45, 2.75) is 25.8 Å². The van der Waals surface area contributed by atoms with Gasteiger partial charge in [-0.1, -0.05) is 0 Å². The summed E-state index contributed by atoms with van der Waals surface area (Å²) in [5.74, 6) is 1.25. The Kier molecular flexibility index (Phi) is 4.19. The Balaban J connectivity index is 1.59. The normalized spacial score (nSPS) is 16.0. The largest absolute Gasteiger partial charge is 0.481 e. The lowest BCUT2D eigenvalue weighted by atomic mass is 10.1. The average Bonchev–Trinajstić information content (AvgIpc) is 3.01. The van der Waals surface area contributed by atoms with Crippen molar-refractivity contribution in [3.63, 3.8) is 0 Å². The number of aryl methyl sites for hydroxylation is 1. The summed E-state index contributed by atoms with van der Waals surface area (Å²) in [5.41, 5.74) is 0.907. The molecule has 3 heterocycles. The van der Waals surface area contributed by atoms with Gasteiger partial charge in [0.1, 0.15) is 0 Å².